The number of alkyl carbamates (subject to hydrolysis) is 1. The van der Waals surface area contributed by atoms with Gasteiger partial charge in [0.2, 0.25) is 0 Å². The van der Waals surface area contributed by atoms with Crippen LogP contribution >= 0.6 is 31.9 Å². The van der Waals surface area contributed by atoms with Crippen molar-refractivity contribution in [2.24, 2.45) is 0 Å². The average molecular weight is 468 g/mol. The smallest absolute Gasteiger partial charge is 0.407 e. The largest absolute Gasteiger partial charge is 0.445 e. The predicted molar refractivity (Wildman–Crippen MR) is 107 cm³/mol. The first kappa shape index (κ1) is 18.3. The van der Waals surface area contributed by atoms with Crippen molar-refractivity contribution in [2.45, 2.75) is 38.5 Å². The van der Waals surface area contributed by atoms with Crippen molar-refractivity contribution >= 4 is 43.6 Å². The zero-order valence-corrected chi connectivity index (χ0v) is 17.1. The van der Waals surface area contributed by atoms with E-state index in [1.807, 2.05) is 30.3 Å². The first-order valence-electron chi connectivity index (χ1n) is 8.20. The highest BCUT2D eigenvalue weighted by molar-refractivity contribution is 9.11. The maximum absolute atomic E-state index is 11.9. The number of hydrogen-bond acceptors (Lipinski definition) is 3. The van der Waals surface area contributed by atoms with Crippen LogP contribution in [-0.2, 0) is 11.3 Å². The molecule has 2 aromatic rings. The number of halogens is 2. The van der Waals surface area contributed by atoms with E-state index in [1.165, 1.54) is 5.56 Å². The molecule has 3 rings (SSSR count). The maximum Gasteiger partial charge on any atom is 0.407 e. The Bertz CT molecular complexity index is 723. The Morgan fingerprint density at radius 1 is 1.12 bits per heavy atom. The number of anilines is 1. The third-order valence-electron chi connectivity index (χ3n) is 4.21. The van der Waals surface area contributed by atoms with Crippen LogP contribution in [0.1, 0.15) is 24.0 Å². The van der Waals surface area contributed by atoms with Crippen molar-refractivity contribution in [3.8, 4) is 0 Å². The van der Waals surface area contributed by atoms with Crippen LogP contribution in [-0.4, -0.2) is 18.2 Å². The van der Waals surface area contributed by atoms with Gasteiger partial charge in [0.1, 0.15) is 6.61 Å². The van der Waals surface area contributed by atoms with Crippen molar-refractivity contribution in [1.82, 2.24) is 5.32 Å². The highest BCUT2D eigenvalue weighted by Crippen LogP contribution is 2.35. The minimum Gasteiger partial charge on any atom is -0.445 e. The summed E-state index contributed by atoms with van der Waals surface area (Å²) in [6, 6.07) is 14.3. The average Bonchev–Trinajstić information content (AvgIpc) is 2.54. The molecule has 0 radical (unpaired) electrons. The fraction of sp³-hybridized carbons (Fsp3) is 0.316. The Labute approximate surface area is 164 Å². The lowest BCUT2D eigenvalue weighted by Crippen LogP contribution is -2.49. The second kappa shape index (κ2) is 8.23. The van der Waals surface area contributed by atoms with Crippen LogP contribution in [0.3, 0.4) is 0 Å². The van der Waals surface area contributed by atoms with Gasteiger partial charge < -0.3 is 15.4 Å². The number of nitrogens with one attached hydrogen (secondary N) is 2. The molecule has 2 aromatic carbocycles. The van der Waals surface area contributed by atoms with Crippen LogP contribution in [0.4, 0.5) is 10.5 Å². The monoisotopic (exact) mass is 466 g/mol. The molecule has 1 aliphatic rings. The molecule has 0 aliphatic heterocycles. The number of benzene rings is 2. The molecule has 25 heavy (non-hydrogen) atoms. The van der Waals surface area contributed by atoms with Crippen molar-refractivity contribution in [1.29, 1.82) is 0 Å². The normalized spacial score (nSPS) is 19.0. The van der Waals surface area contributed by atoms with Crippen LogP contribution in [0.5, 0.6) is 0 Å². The highest BCUT2D eigenvalue weighted by Gasteiger charge is 2.31. The Morgan fingerprint density at radius 3 is 2.40 bits per heavy atom. The predicted octanol–water partition coefficient (Wildman–Crippen LogP) is 5.39. The molecule has 132 valence electrons. The fourth-order valence-electron chi connectivity index (χ4n) is 2.83. The number of hydrogen-bond donors (Lipinski definition) is 2. The number of aryl methyl sites for hydroxylation is 1. The molecule has 2 N–H and O–H groups in total. The lowest BCUT2D eigenvalue weighted by molar-refractivity contribution is 0.129. The van der Waals surface area contributed by atoms with Gasteiger partial charge in [-0.3, -0.25) is 0 Å². The van der Waals surface area contributed by atoms with Crippen LogP contribution in [0.2, 0.25) is 0 Å². The minimum atomic E-state index is -0.356. The summed E-state index contributed by atoms with van der Waals surface area (Å²) in [4.78, 5) is 11.9. The number of amides is 1. The summed E-state index contributed by atoms with van der Waals surface area (Å²) < 4.78 is 7.33. The topological polar surface area (TPSA) is 50.4 Å². The van der Waals surface area contributed by atoms with Gasteiger partial charge in [-0.05, 0) is 74.9 Å². The van der Waals surface area contributed by atoms with Gasteiger partial charge in [0.15, 0.2) is 0 Å². The van der Waals surface area contributed by atoms with E-state index in [9.17, 15) is 4.79 Å². The van der Waals surface area contributed by atoms with Crippen molar-refractivity contribution in [3.63, 3.8) is 0 Å². The third-order valence-corrected chi connectivity index (χ3v) is 5.46. The molecule has 0 aromatic heterocycles. The van der Waals surface area contributed by atoms with Gasteiger partial charge in [-0.1, -0.05) is 30.3 Å². The first-order chi connectivity index (χ1) is 12.0. The standard InChI is InChI=1S/C19H20Br2N2O2/c1-12-7-16(20)18(17(21)8-12)22-14-9-15(10-14)23-19(24)25-11-13-5-3-2-4-6-13/h2-8,14-15,22H,9-11H2,1H3,(H,23,24). The molecule has 1 amide bonds. The first-order valence-corrected chi connectivity index (χ1v) is 9.79. The summed E-state index contributed by atoms with van der Waals surface area (Å²) in [5, 5.41) is 6.43. The van der Waals surface area contributed by atoms with Gasteiger partial charge in [-0.2, -0.15) is 0 Å². The SMILES string of the molecule is Cc1cc(Br)c(NC2CC(NC(=O)OCc3ccccc3)C2)c(Br)c1. The van der Waals surface area contributed by atoms with Crippen LogP contribution in [0.25, 0.3) is 0 Å². The molecular weight excluding hydrogens is 448 g/mol. The highest BCUT2D eigenvalue weighted by atomic mass is 79.9. The molecule has 0 unspecified atom stereocenters. The number of carbonyl (C=O) groups excluding carboxylic acids is 1. The molecule has 1 aliphatic carbocycles. The molecular formula is C19H20Br2N2O2. The zero-order chi connectivity index (χ0) is 17.8. The van der Waals surface area contributed by atoms with Gasteiger partial charge >= 0.3 is 6.09 Å². The van der Waals surface area contributed by atoms with Crippen molar-refractivity contribution in [2.75, 3.05) is 5.32 Å². The summed E-state index contributed by atoms with van der Waals surface area (Å²) in [5.41, 5.74) is 3.24. The van der Waals surface area contributed by atoms with E-state index < -0.39 is 0 Å². The third kappa shape index (κ3) is 4.98. The minimum absolute atomic E-state index is 0.156. The van der Waals surface area contributed by atoms with E-state index in [0.29, 0.717) is 12.6 Å². The molecule has 4 nitrogen and oxygen atoms in total. The Balaban J connectivity index is 1.42. The van der Waals surface area contributed by atoms with E-state index in [0.717, 1.165) is 33.0 Å². The van der Waals surface area contributed by atoms with E-state index in [-0.39, 0.29) is 12.1 Å². The number of rotatable bonds is 5. The molecule has 6 heteroatoms. The maximum atomic E-state index is 11.9. The lowest BCUT2D eigenvalue weighted by Gasteiger charge is -2.37. The molecule has 0 spiro atoms. The van der Waals surface area contributed by atoms with E-state index in [1.54, 1.807) is 0 Å². The fourth-order valence-corrected chi connectivity index (χ4v) is 4.47. The summed E-state index contributed by atoms with van der Waals surface area (Å²) in [6.45, 7) is 2.36. The quantitative estimate of drug-likeness (QED) is 0.619. The Morgan fingerprint density at radius 2 is 1.76 bits per heavy atom. The van der Waals surface area contributed by atoms with Crippen molar-refractivity contribution in [3.05, 3.63) is 62.5 Å². The van der Waals surface area contributed by atoms with Gasteiger partial charge in [0.05, 0.1) is 5.69 Å². The van der Waals surface area contributed by atoms with Gasteiger partial charge in [-0.25, -0.2) is 4.79 Å². The summed E-state index contributed by atoms with van der Waals surface area (Å²) in [7, 11) is 0. The van der Waals surface area contributed by atoms with Crippen molar-refractivity contribution < 1.29 is 9.53 Å². The summed E-state index contributed by atoms with van der Waals surface area (Å²) >= 11 is 7.19. The molecule has 0 saturated heterocycles. The van der Waals surface area contributed by atoms with E-state index >= 15 is 0 Å². The molecule has 1 saturated carbocycles. The number of carbonyl (C=O) groups is 1. The van der Waals surface area contributed by atoms with E-state index in [2.05, 4.69) is 61.5 Å². The zero-order valence-electron chi connectivity index (χ0n) is 13.9. The second-order valence-electron chi connectivity index (χ2n) is 6.32. The Hall–Kier alpha value is -1.53. The molecule has 0 atom stereocenters. The molecule has 1 fully saturated rings. The van der Waals surface area contributed by atoms with Crippen LogP contribution in [0.15, 0.2) is 51.4 Å². The lowest BCUT2D eigenvalue weighted by atomic mass is 9.86. The van der Waals surface area contributed by atoms with Crippen LogP contribution in [0, 0.1) is 6.92 Å². The van der Waals surface area contributed by atoms with Gasteiger partial charge in [-0.15, -0.1) is 0 Å². The second-order valence-corrected chi connectivity index (χ2v) is 8.03. The molecule has 0 heterocycles. The summed E-state index contributed by atoms with van der Waals surface area (Å²) in [6.07, 6.45) is 1.41. The summed E-state index contributed by atoms with van der Waals surface area (Å²) in [5.74, 6) is 0. The number of ether oxygens (including phenoxy) is 1. The van der Waals surface area contributed by atoms with Gasteiger partial charge in [0, 0.05) is 21.0 Å². The molecule has 0 bridgehead atoms. The van der Waals surface area contributed by atoms with E-state index in [4.69, 9.17) is 4.74 Å². The van der Waals surface area contributed by atoms with Crippen LogP contribution < -0.4 is 10.6 Å². The van der Waals surface area contributed by atoms with Gasteiger partial charge in [0.25, 0.3) is 0 Å². The Kier molecular flexibility index (Phi) is 6.02.